The topological polar surface area (TPSA) is 53.4 Å². The lowest BCUT2D eigenvalue weighted by Gasteiger charge is -2.32. The third-order valence-electron chi connectivity index (χ3n) is 4.03. The van der Waals surface area contributed by atoms with Crippen LogP contribution in [0.2, 0.25) is 0 Å². The maximum Gasteiger partial charge on any atom is 0.507 e. The molecular weight excluding hydrogens is 287 g/mol. The highest BCUT2D eigenvalue weighted by Crippen LogP contribution is 2.36. The van der Waals surface area contributed by atoms with Crippen molar-refractivity contribution in [2.45, 2.75) is 38.9 Å². The van der Waals surface area contributed by atoms with Gasteiger partial charge in [0.05, 0.1) is 16.0 Å². The van der Waals surface area contributed by atoms with E-state index in [1.807, 2.05) is 27.7 Å². The Morgan fingerprint density at radius 1 is 1.19 bits per heavy atom. The summed E-state index contributed by atoms with van der Waals surface area (Å²) in [4.78, 5) is 16.1. The Labute approximate surface area is 127 Å². The van der Waals surface area contributed by atoms with Crippen LogP contribution >= 0.6 is 11.3 Å². The number of nitrogens with zero attached hydrogens (tertiary/aromatic N) is 2. The first-order valence-corrected chi connectivity index (χ1v) is 7.61. The Morgan fingerprint density at radius 3 is 2.48 bits per heavy atom. The second-order valence-electron chi connectivity index (χ2n) is 6.04. The molecular formula is C14H17BN2O3S. The number of thiazole rings is 1. The molecule has 5 nitrogen and oxygen atoms in total. The molecule has 110 valence electrons. The van der Waals surface area contributed by atoms with Gasteiger partial charge in [0.2, 0.25) is 0 Å². The van der Waals surface area contributed by atoms with Crippen molar-refractivity contribution in [3.05, 3.63) is 40.9 Å². The molecule has 0 amide bonds. The SMILES string of the molecule is CC1(C)OB(c2cnc(-n3ccccc3=O)s2)OC1(C)C. The molecule has 3 rings (SSSR count). The van der Waals surface area contributed by atoms with Gasteiger partial charge in [-0.05, 0) is 33.8 Å². The average Bonchev–Trinajstić information content (AvgIpc) is 2.94. The minimum absolute atomic E-state index is 0.104. The van der Waals surface area contributed by atoms with E-state index in [1.54, 1.807) is 24.5 Å². The first kappa shape index (κ1) is 14.5. The van der Waals surface area contributed by atoms with Crippen LogP contribution in [0, 0.1) is 0 Å². The van der Waals surface area contributed by atoms with E-state index < -0.39 is 7.12 Å². The Morgan fingerprint density at radius 2 is 1.86 bits per heavy atom. The largest absolute Gasteiger partial charge is 0.507 e. The molecule has 1 saturated heterocycles. The van der Waals surface area contributed by atoms with Gasteiger partial charge in [-0.3, -0.25) is 9.36 Å². The van der Waals surface area contributed by atoms with E-state index in [4.69, 9.17) is 9.31 Å². The molecule has 7 heteroatoms. The fourth-order valence-electron chi connectivity index (χ4n) is 2.04. The maximum absolute atomic E-state index is 11.8. The van der Waals surface area contributed by atoms with Gasteiger partial charge in [-0.25, -0.2) is 4.98 Å². The van der Waals surface area contributed by atoms with Crippen LogP contribution in [0.5, 0.6) is 0 Å². The molecule has 0 bridgehead atoms. The standard InChI is InChI=1S/C14H17BN2O3S/c1-13(2)14(3,4)20-15(19-13)10-9-16-12(21-10)17-8-6-5-7-11(17)18/h5-9H,1-4H3. The third-order valence-corrected chi connectivity index (χ3v) is 5.04. The van der Waals surface area contributed by atoms with Crippen LogP contribution in [-0.4, -0.2) is 27.9 Å². The fourth-order valence-corrected chi connectivity index (χ4v) is 2.91. The molecule has 1 aliphatic rings. The van der Waals surface area contributed by atoms with Gasteiger partial charge in [-0.15, -0.1) is 11.3 Å². The van der Waals surface area contributed by atoms with Crippen molar-refractivity contribution < 1.29 is 9.31 Å². The average molecular weight is 304 g/mol. The minimum Gasteiger partial charge on any atom is -0.399 e. The summed E-state index contributed by atoms with van der Waals surface area (Å²) in [6, 6.07) is 5.02. The second-order valence-corrected chi connectivity index (χ2v) is 7.08. The summed E-state index contributed by atoms with van der Waals surface area (Å²) in [7, 11) is -0.444. The van der Waals surface area contributed by atoms with Gasteiger partial charge in [-0.1, -0.05) is 6.07 Å². The maximum atomic E-state index is 11.8. The lowest BCUT2D eigenvalue weighted by molar-refractivity contribution is 0.00578. The van der Waals surface area contributed by atoms with Gasteiger partial charge in [0, 0.05) is 18.5 Å². The molecule has 0 aromatic carbocycles. The lowest BCUT2D eigenvalue weighted by Crippen LogP contribution is -2.41. The molecule has 3 heterocycles. The third kappa shape index (κ3) is 2.45. The van der Waals surface area contributed by atoms with E-state index in [2.05, 4.69) is 4.98 Å². The van der Waals surface area contributed by atoms with E-state index in [9.17, 15) is 4.79 Å². The van der Waals surface area contributed by atoms with Crippen LogP contribution in [-0.2, 0) is 9.31 Å². The molecule has 0 unspecified atom stereocenters. The van der Waals surface area contributed by atoms with Crippen molar-refractivity contribution in [1.29, 1.82) is 0 Å². The van der Waals surface area contributed by atoms with E-state index in [-0.39, 0.29) is 16.8 Å². The van der Waals surface area contributed by atoms with E-state index in [1.165, 1.54) is 22.0 Å². The van der Waals surface area contributed by atoms with Crippen molar-refractivity contribution in [3.8, 4) is 5.13 Å². The summed E-state index contributed by atoms with van der Waals surface area (Å²) in [5, 5.41) is 0.616. The predicted molar refractivity (Wildman–Crippen MR) is 83.4 cm³/mol. The zero-order chi connectivity index (χ0) is 15.3. The van der Waals surface area contributed by atoms with Crippen molar-refractivity contribution >= 4 is 23.2 Å². The highest BCUT2D eigenvalue weighted by Gasteiger charge is 2.52. The zero-order valence-corrected chi connectivity index (χ0v) is 13.3. The summed E-state index contributed by atoms with van der Waals surface area (Å²) < 4.78 is 14.4. The predicted octanol–water partition coefficient (Wildman–Crippen LogP) is 1.59. The van der Waals surface area contributed by atoms with Crippen LogP contribution in [0.3, 0.4) is 0 Å². The molecule has 0 saturated carbocycles. The molecule has 21 heavy (non-hydrogen) atoms. The number of pyridine rings is 1. The Kier molecular flexibility index (Phi) is 3.31. The normalized spacial score (nSPS) is 19.9. The Balaban J connectivity index is 1.91. The first-order chi connectivity index (χ1) is 9.80. The van der Waals surface area contributed by atoms with Gasteiger partial charge < -0.3 is 9.31 Å². The summed E-state index contributed by atoms with van der Waals surface area (Å²) in [5.41, 5.74) is -0.871. The van der Waals surface area contributed by atoms with E-state index in [0.29, 0.717) is 5.13 Å². The minimum atomic E-state index is -0.444. The van der Waals surface area contributed by atoms with E-state index >= 15 is 0 Å². The molecule has 2 aromatic heterocycles. The van der Waals surface area contributed by atoms with Gasteiger partial charge in [0.1, 0.15) is 0 Å². The Bertz CT molecular complexity index is 707. The molecule has 0 spiro atoms. The fraction of sp³-hybridized carbons (Fsp3) is 0.429. The van der Waals surface area contributed by atoms with Gasteiger partial charge >= 0.3 is 7.12 Å². The summed E-state index contributed by atoms with van der Waals surface area (Å²) in [6.07, 6.45) is 3.41. The van der Waals surface area contributed by atoms with Crippen molar-refractivity contribution in [3.63, 3.8) is 0 Å². The van der Waals surface area contributed by atoms with Crippen molar-refractivity contribution in [2.24, 2.45) is 0 Å². The van der Waals surface area contributed by atoms with Crippen LogP contribution < -0.4 is 10.3 Å². The van der Waals surface area contributed by atoms with Crippen LogP contribution in [0.15, 0.2) is 35.4 Å². The number of hydrogen-bond donors (Lipinski definition) is 0. The Hall–Kier alpha value is -1.44. The zero-order valence-electron chi connectivity index (χ0n) is 12.5. The number of aromatic nitrogens is 2. The molecule has 2 aromatic rings. The smallest absolute Gasteiger partial charge is 0.399 e. The quantitative estimate of drug-likeness (QED) is 0.791. The first-order valence-electron chi connectivity index (χ1n) is 6.80. The van der Waals surface area contributed by atoms with Crippen LogP contribution in [0.1, 0.15) is 27.7 Å². The van der Waals surface area contributed by atoms with Crippen molar-refractivity contribution in [1.82, 2.24) is 9.55 Å². The van der Waals surface area contributed by atoms with Gasteiger partial charge in [0.25, 0.3) is 5.56 Å². The molecule has 0 aliphatic carbocycles. The highest BCUT2D eigenvalue weighted by molar-refractivity contribution is 7.24. The lowest BCUT2D eigenvalue weighted by atomic mass is 9.89. The number of hydrogen-bond acceptors (Lipinski definition) is 5. The van der Waals surface area contributed by atoms with Crippen molar-refractivity contribution in [2.75, 3.05) is 0 Å². The molecule has 1 aliphatic heterocycles. The van der Waals surface area contributed by atoms with Crippen LogP contribution in [0.4, 0.5) is 0 Å². The molecule has 0 atom stereocenters. The highest BCUT2D eigenvalue weighted by atomic mass is 32.1. The summed E-state index contributed by atoms with van der Waals surface area (Å²) >= 11 is 1.40. The van der Waals surface area contributed by atoms with E-state index in [0.717, 1.165) is 4.78 Å². The van der Waals surface area contributed by atoms with Gasteiger partial charge in [-0.2, -0.15) is 0 Å². The molecule has 0 radical (unpaired) electrons. The molecule has 0 N–H and O–H groups in total. The summed E-state index contributed by atoms with van der Waals surface area (Å²) in [6.45, 7) is 8.04. The van der Waals surface area contributed by atoms with Gasteiger partial charge in [0.15, 0.2) is 5.13 Å². The number of rotatable bonds is 2. The van der Waals surface area contributed by atoms with Crippen LogP contribution in [0.25, 0.3) is 5.13 Å². The second kappa shape index (κ2) is 4.79. The summed E-state index contributed by atoms with van der Waals surface area (Å²) in [5.74, 6) is 0. The monoisotopic (exact) mass is 304 g/mol. The molecule has 1 fully saturated rings.